The number of hydrogen-bond donors (Lipinski definition) is 2. The van der Waals surface area contributed by atoms with Gasteiger partial charge in [-0.3, -0.25) is 9.59 Å². The molecule has 1 aliphatic heterocycles. The highest BCUT2D eigenvalue weighted by molar-refractivity contribution is 7.17. The van der Waals surface area contributed by atoms with Gasteiger partial charge in [0.25, 0.3) is 12.3 Å². The summed E-state index contributed by atoms with van der Waals surface area (Å²) in [6.07, 6.45) is 0.197. The molecule has 2 aromatic rings. The predicted molar refractivity (Wildman–Crippen MR) is 138 cm³/mol. The van der Waals surface area contributed by atoms with Crippen LogP contribution in [-0.4, -0.2) is 55.4 Å². The number of alkyl halides is 2. The molecule has 0 bridgehead atoms. The summed E-state index contributed by atoms with van der Waals surface area (Å²) in [5, 5.41) is 13.4. The second-order valence-corrected chi connectivity index (χ2v) is 12.2. The summed E-state index contributed by atoms with van der Waals surface area (Å²) in [6.45, 7) is 13.2. The number of pyridine rings is 1. The third-order valence-electron chi connectivity index (χ3n) is 6.50. The third-order valence-corrected chi connectivity index (χ3v) is 7.63. The van der Waals surface area contributed by atoms with Crippen molar-refractivity contribution < 1.29 is 23.5 Å². The first-order valence-electron chi connectivity index (χ1n) is 12.2. The van der Waals surface area contributed by atoms with Gasteiger partial charge >= 0.3 is 0 Å². The fourth-order valence-electron chi connectivity index (χ4n) is 4.05. The van der Waals surface area contributed by atoms with Gasteiger partial charge in [-0.1, -0.05) is 6.92 Å². The third kappa shape index (κ3) is 6.45. The van der Waals surface area contributed by atoms with Crippen molar-refractivity contribution in [3.05, 3.63) is 28.5 Å². The summed E-state index contributed by atoms with van der Waals surface area (Å²) >= 11 is 0.929. The van der Waals surface area contributed by atoms with Crippen LogP contribution in [0.3, 0.4) is 0 Å². The van der Waals surface area contributed by atoms with Crippen LogP contribution in [0.2, 0.25) is 0 Å². The fourth-order valence-corrected chi connectivity index (χ4v) is 5.08. The van der Waals surface area contributed by atoms with Crippen LogP contribution in [0.4, 0.5) is 14.6 Å². The van der Waals surface area contributed by atoms with Crippen LogP contribution >= 0.6 is 11.3 Å². The number of carbonyl (C=O) groups is 2. The maximum Gasteiger partial charge on any atom is 0.274 e. The molecule has 0 aromatic carbocycles. The van der Waals surface area contributed by atoms with E-state index in [1.807, 2.05) is 27.7 Å². The van der Waals surface area contributed by atoms with E-state index >= 15 is 0 Å². The lowest BCUT2D eigenvalue weighted by molar-refractivity contribution is 0.0213. The number of nitrogens with one attached hydrogen (secondary N) is 1. The molecule has 2 atom stereocenters. The van der Waals surface area contributed by atoms with E-state index in [0.717, 1.165) is 24.2 Å². The number of aliphatic hydroxyl groups is 1. The van der Waals surface area contributed by atoms with Crippen LogP contribution in [0.15, 0.2) is 12.3 Å². The molecule has 3 rings (SSSR count). The topological polar surface area (TPSA) is 95.4 Å². The van der Waals surface area contributed by atoms with E-state index in [1.165, 1.54) is 12.3 Å². The Bertz CT molecular complexity index is 1120. The number of thiazole rings is 1. The van der Waals surface area contributed by atoms with Gasteiger partial charge < -0.3 is 15.3 Å². The minimum atomic E-state index is -2.83. The predicted octanol–water partition coefficient (Wildman–Crippen LogP) is 5.96. The fraction of sp³-hybridized carbons (Fsp3) is 0.615. The van der Waals surface area contributed by atoms with Gasteiger partial charge in [-0.2, -0.15) is 0 Å². The SMILES string of the molecule is C[C@H]1CCCN1C(=O)c1nc(C(=O)C[C@H](C)C(C)(C)O)sc1-c1cnc(NC(C)(C)C)cc1C(F)F. The molecular weight excluding hydrogens is 486 g/mol. The Kier molecular flexibility index (Phi) is 8.20. The molecule has 198 valence electrons. The number of rotatable bonds is 8. The molecule has 0 radical (unpaired) electrons. The van der Waals surface area contributed by atoms with Gasteiger partial charge in [0.1, 0.15) is 11.5 Å². The number of ketones is 1. The van der Waals surface area contributed by atoms with E-state index in [-0.39, 0.29) is 62.3 Å². The first kappa shape index (κ1) is 28.1. The molecule has 0 unspecified atom stereocenters. The summed E-state index contributed by atoms with van der Waals surface area (Å²) in [5.74, 6) is -0.793. The number of anilines is 1. The van der Waals surface area contributed by atoms with Crippen LogP contribution in [0.1, 0.15) is 100 Å². The van der Waals surface area contributed by atoms with Crippen molar-refractivity contribution in [3.8, 4) is 10.4 Å². The number of likely N-dealkylation sites (tertiary alicyclic amines) is 1. The molecule has 0 aliphatic carbocycles. The first-order valence-corrected chi connectivity index (χ1v) is 13.0. The smallest absolute Gasteiger partial charge is 0.274 e. The molecule has 36 heavy (non-hydrogen) atoms. The Hall–Kier alpha value is -2.46. The van der Waals surface area contributed by atoms with Crippen molar-refractivity contribution in [1.82, 2.24) is 14.9 Å². The molecule has 2 N–H and O–H groups in total. The molecule has 2 aromatic heterocycles. The van der Waals surface area contributed by atoms with Crippen molar-refractivity contribution in [2.45, 2.75) is 91.3 Å². The molecule has 1 amide bonds. The van der Waals surface area contributed by atoms with Crippen molar-refractivity contribution >= 4 is 28.8 Å². The standard InChI is InChI=1S/C26H36F2N4O3S/c1-14(26(6,7)35)11-18(33)23-30-20(24(34)32-10-8-9-15(32)2)21(36-23)17-13-29-19(31-25(3,4)5)12-16(17)22(27)28/h12-15,22,35H,8-11H2,1-7H3,(H,29,31)/t14-,15-/m0/s1. The molecule has 0 spiro atoms. The minimum absolute atomic E-state index is 0.00626. The van der Waals surface area contributed by atoms with E-state index in [4.69, 9.17) is 0 Å². The highest BCUT2D eigenvalue weighted by Crippen LogP contribution is 2.39. The number of amides is 1. The zero-order valence-corrected chi connectivity index (χ0v) is 22.8. The van der Waals surface area contributed by atoms with E-state index in [1.54, 1.807) is 25.7 Å². The van der Waals surface area contributed by atoms with E-state index < -0.39 is 12.0 Å². The van der Waals surface area contributed by atoms with Crippen LogP contribution < -0.4 is 5.32 Å². The van der Waals surface area contributed by atoms with Gasteiger partial charge in [-0.15, -0.1) is 11.3 Å². The lowest BCUT2D eigenvalue weighted by Crippen LogP contribution is -2.34. The van der Waals surface area contributed by atoms with Gasteiger partial charge in [0.2, 0.25) is 0 Å². The van der Waals surface area contributed by atoms with Crippen molar-refractivity contribution in [1.29, 1.82) is 0 Å². The average molecular weight is 523 g/mol. The molecule has 1 fully saturated rings. The quantitative estimate of drug-likeness (QED) is 0.416. The minimum Gasteiger partial charge on any atom is -0.390 e. The second-order valence-electron chi connectivity index (χ2n) is 11.2. The maximum absolute atomic E-state index is 14.2. The Morgan fingerprint density at radius 3 is 2.47 bits per heavy atom. The average Bonchev–Trinajstić information content (AvgIpc) is 3.38. The van der Waals surface area contributed by atoms with Gasteiger partial charge in [0.15, 0.2) is 10.8 Å². The summed E-state index contributed by atoms with van der Waals surface area (Å²) < 4.78 is 28.5. The molecule has 3 heterocycles. The normalized spacial score (nSPS) is 17.5. The first-order chi connectivity index (χ1) is 16.6. The number of nitrogens with zero attached hydrogens (tertiary/aromatic N) is 3. The van der Waals surface area contributed by atoms with E-state index in [0.29, 0.717) is 12.4 Å². The zero-order chi connectivity index (χ0) is 27.0. The highest BCUT2D eigenvalue weighted by atomic mass is 32.1. The Morgan fingerprint density at radius 1 is 1.28 bits per heavy atom. The number of hydrogen-bond acceptors (Lipinski definition) is 7. The van der Waals surface area contributed by atoms with Gasteiger partial charge in [0.05, 0.1) is 10.5 Å². The molecule has 7 nitrogen and oxygen atoms in total. The second kappa shape index (κ2) is 10.5. The molecular formula is C26H36F2N4O3S. The number of halogens is 2. The largest absolute Gasteiger partial charge is 0.390 e. The Morgan fingerprint density at radius 2 is 1.94 bits per heavy atom. The van der Waals surface area contributed by atoms with Crippen molar-refractivity contribution in [2.24, 2.45) is 5.92 Å². The molecule has 10 heteroatoms. The summed E-state index contributed by atoms with van der Waals surface area (Å²) in [5.41, 5.74) is -1.67. The lowest BCUT2D eigenvalue weighted by Gasteiger charge is -2.24. The molecule has 1 aliphatic rings. The summed E-state index contributed by atoms with van der Waals surface area (Å²) in [4.78, 5) is 37.2. The number of Topliss-reactive ketones (excluding diaryl/α,β-unsaturated/α-hetero) is 1. The zero-order valence-electron chi connectivity index (χ0n) is 22.0. The van der Waals surface area contributed by atoms with Crippen LogP contribution in [0.5, 0.6) is 0 Å². The van der Waals surface area contributed by atoms with Gasteiger partial charge in [-0.25, -0.2) is 18.7 Å². The lowest BCUT2D eigenvalue weighted by atomic mass is 9.88. The summed E-state index contributed by atoms with van der Waals surface area (Å²) in [6, 6.07) is 1.28. The van der Waals surface area contributed by atoms with Crippen molar-refractivity contribution in [3.63, 3.8) is 0 Å². The number of carbonyl (C=O) groups excluding carboxylic acids is 2. The molecule has 1 saturated heterocycles. The Balaban J connectivity index is 2.11. The molecule has 0 saturated carbocycles. The van der Waals surface area contributed by atoms with Crippen molar-refractivity contribution in [2.75, 3.05) is 11.9 Å². The Labute approximate surface area is 215 Å². The summed E-state index contributed by atoms with van der Waals surface area (Å²) in [7, 11) is 0. The monoisotopic (exact) mass is 522 g/mol. The highest BCUT2D eigenvalue weighted by Gasteiger charge is 2.34. The number of aromatic nitrogens is 2. The van der Waals surface area contributed by atoms with Gasteiger partial charge in [-0.05, 0) is 66.4 Å². The van der Waals surface area contributed by atoms with Gasteiger partial charge in [0, 0.05) is 41.9 Å². The van der Waals surface area contributed by atoms with Crippen LogP contribution in [-0.2, 0) is 0 Å². The maximum atomic E-state index is 14.2. The van der Waals surface area contributed by atoms with E-state index in [9.17, 15) is 23.5 Å². The van der Waals surface area contributed by atoms with Crippen LogP contribution in [0.25, 0.3) is 10.4 Å². The van der Waals surface area contributed by atoms with E-state index in [2.05, 4.69) is 15.3 Å². The van der Waals surface area contributed by atoms with Crippen LogP contribution in [0, 0.1) is 5.92 Å².